The third kappa shape index (κ3) is 3.53. The fourth-order valence-electron chi connectivity index (χ4n) is 2.29. The molecule has 0 bridgehead atoms. The molecule has 3 rings (SSSR count). The predicted molar refractivity (Wildman–Crippen MR) is 98.0 cm³/mol. The van der Waals surface area contributed by atoms with Crippen molar-refractivity contribution in [3.63, 3.8) is 0 Å². The number of phenolic OH excluding ortho intramolecular Hbond substituents is 1. The van der Waals surface area contributed by atoms with Crippen molar-refractivity contribution in [2.75, 3.05) is 5.32 Å². The summed E-state index contributed by atoms with van der Waals surface area (Å²) >= 11 is 11.7. The molecule has 120 valence electrons. The Morgan fingerprint density at radius 2 is 1.38 bits per heavy atom. The maximum atomic E-state index is 12.3. The van der Waals surface area contributed by atoms with E-state index in [0.717, 1.165) is 11.1 Å². The van der Waals surface area contributed by atoms with Gasteiger partial charge in [0.05, 0.1) is 10.0 Å². The van der Waals surface area contributed by atoms with Gasteiger partial charge in [0, 0.05) is 11.3 Å². The van der Waals surface area contributed by atoms with E-state index in [1.807, 2.05) is 42.5 Å². The molecule has 1 amide bonds. The van der Waals surface area contributed by atoms with Gasteiger partial charge in [0.15, 0.2) is 5.75 Å². The third-order valence-corrected chi connectivity index (χ3v) is 4.11. The molecule has 0 atom stereocenters. The molecular formula is C19H13Cl2NO2. The summed E-state index contributed by atoms with van der Waals surface area (Å²) < 4.78 is 0. The number of aromatic hydroxyl groups is 1. The summed E-state index contributed by atoms with van der Waals surface area (Å²) in [5, 5.41) is 12.4. The smallest absolute Gasteiger partial charge is 0.255 e. The van der Waals surface area contributed by atoms with Gasteiger partial charge in [-0.2, -0.15) is 0 Å². The molecule has 0 radical (unpaired) electrons. The van der Waals surface area contributed by atoms with Crippen molar-refractivity contribution in [2.24, 2.45) is 0 Å². The van der Waals surface area contributed by atoms with Crippen LogP contribution in [-0.2, 0) is 0 Å². The van der Waals surface area contributed by atoms with Gasteiger partial charge in [-0.1, -0.05) is 65.7 Å². The second-order valence-electron chi connectivity index (χ2n) is 5.19. The molecule has 0 fully saturated rings. The number of nitrogens with one attached hydrogen (secondary N) is 1. The van der Waals surface area contributed by atoms with Gasteiger partial charge in [-0.05, 0) is 35.4 Å². The number of benzene rings is 3. The van der Waals surface area contributed by atoms with Gasteiger partial charge in [0.25, 0.3) is 5.91 Å². The van der Waals surface area contributed by atoms with E-state index in [1.54, 1.807) is 12.1 Å². The Morgan fingerprint density at radius 1 is 0.833 bits per heavy atom. The summed E-state index contributed by atoms with van der Waals surface area (Å²) in [5.74, 6) is -0.490. The van der Waals surface area contributed by atoms with Crippen molar-refractivity contribution in [3.05, 3.63) is 82.3 Å². The lowest BCUT2D eigenvalue weighted by Crippen LogP contribution is -2.11. The fraction of sp³-hybridized carbons (Fsp3) is 0. The average Bonchev–Trinajstić information content (AvgIpc) is 2.60. The summed E-state index contributed by atoms with van der Waals surface area (Å²) in [7, 11) is 0. The van der Waals surface area contributed by atoms with Crippen LogP contribution < -0.4 is 5.32 Å². The van der Waals surface area contributed by atoms with Crippen molar-refractivity contribution in [1.82, 2.24) is 0 Å². The molecule has 3 aromatic rings. The number of amides is 1. The largest absolute Gasteiger partial charge is 0.505 e. The van der Waals surface area contributed by atoms with Crippen molar-refractivity contribution in [1.29, 1.82) is 0 Å². The molecule has 0 spiro atoms. The Bertz CT molecular complexity index is 855. The van der Waals surface area contributed by atoms with E-state index in [4.69, 9.17) is 23.2 Å². The molecule has 3 aromatic carbocycles. The van der Waals surface area contributed by atoms with Crippen LogP contribution in [0.4, 0.5) is 5.69 Å². The second kappa shape index (κ2) is 6.95. The van der Waals surface area contributed by atoms with E-state index in [-0.39, 0.29) is 21.7 Å². The number of anilines is 1. The first-order valence-electron chi connectivity index (χ1n) is 7.19. The Balaban J connectivity index is 1.78. The zero-order valence-electron chi connectivity index (χ0n) is 12.5. The highest BCUT2D eigenvalue weighted by Gasteiger charge is 2.11. The molecule has 0 aliphatic rings. The van der Waals surface area contributed by atoms with Crippen molar-refractivity contribution in [3.8, 4) is 16.9 Å². The lowest BCUT2D eigenvalue weighted by Gasteiger charge is -2.08. The molecule has 0 aliphatic carbocycles. The molecule has 0 heterocycles. The number of carbonyl (C=O) groups excluding carboxylic acids is 1. The van der Waals surface area contributed by atoms with Crippen LogP contribution in [0.5, 0.6) is 5.75 Å². The minimum atomic E-state index is -0.285. The number of hydrogen-bond acceptors (Lipinski definition) is 2. The van der Waals surface area contributed by atoms with Gasteiger partial charge in [0.2, 0.25) is 0 Å². The molecule has 0 aromatic heterocycles. The van der Waals surface area contributed by atoms with E-state index < -0.39 is 0 Å². The van der Waals surface area contributed by atoms with Crippen LogP contribution in [0.3, 0.4) is 0 Å². The normalized spacial score (nSPS) is 10.4. The number of hydrogen-bond donors (Lipinski definition) is 2. The van der Waals surface area contributed by atoms with E-state index >= 15 is 0 Å². The van der Waals surface area contributed by atoms with Crippen LogP contribution in [-0.4, -0.2) is 11.0 Å². The van der Waals surface area contributed by atoms with Crippen LogP contribution in [0, 0.1) is 0 Å². The topological polar surface area (TPSA) is 49.3 Å². The quantitative estimate of drug-likeness (QED) is 0.597. The highest BCUT2D eigenvalue weighted by atomic mass is 35.5. The van der Waals surface area contributed by atoms with Gasteiger partial charge in [-0.25, -0.2) is 0 Å². The van der Waals surface area contributed by atoms with E-state index in [2.05, 4.69) is 5.32 Å². The van der Waals surface area contributed by atoms with Crippen molar-refractivity contribution < 1.29 is 9.90 Å². The third-order valence-electron chi connectivity index (χ3n) is 3.53. The molecule has 0 aliphatic heterocycles. The van der Waals surface area contributed by atoms with E-state index in [1.165, 1.54) is 12.1 Å². The predicted octanol–water partition coefficient (Wildman–Crippen LogP) is 5.62. The van der Waals surface area contributed by atoms with Crippen LogP contribution in [0.2, 0.25) is 10.0 Å². The molecular weight excluding hydrogens is 345 g/mol. The zero-order chi connectivity index (χ0) is 17.1. The summed E-state index contributed by atoms with van der Waals surface area (Å²) in [6.07, 6.45) is 0. The maximum absolute atomic E-state index is 12.3. The summed E-state index contributed by atoms with van der Waals surface area (Å²) in [6, 6.07) is 20.1. The maximum Gasteiger partial charge on any atom is 0.255 e. The minimum Gasteiger partial charge on any atom is -0.505 e. The molecule has 3 nitrogen and oxygen atoms in total. The summed E-state index contributed by atoms with van der Waals surface area (Å²) in [6.45, 7) is 0. The number of rotatable bonds is 3. The first-order chi connectivity index (χ1) is 11.5. The molecule has 24 heavy (non-hydrogen) atoms. The highest BCUT2D eigenvalue weighted by molar-refractivity contribution is 6.37. The summed E-state index contributed by atoms with van der Waals surface area (Å²) in [5.41, 5.74) is 3.04. The Morgan fingerprint density at radius 3 is 1.96 bits per heavy atom. The minimum absolute atomic E-state index is 0.0808. The van der Waals surface area contributed by atoms with E-state index in [0.29, 0.717) is 11.3 Å². The van der Waals surface area contributed by atoms with Crippen LogP contribution >= 0.6 is 23.2 Å². The lowest BCUT2D eigenvalue weighted by atomic mass is 10.0. The monoisotopic (exact) mass is 357 g/mol. The standard InChI is InChI=1S/C19H13Cl2NO2/c20-16-10-15(11-17(21)18(16)23)22-19(24)14-8-6-13(7-9-14)12-4-2-1-3-5-12/h1-11,23H,(H,22,24). The number of carbonyl (C=O) groups is 1. The SMILES string of the molecule is O=C(Nc1cc(Cl)c(O)c(Cl)c1)c1ccc(-c2ccccc2)cc1. The Hall–Kier alpha value is -2.49. The second-order valence-corrected chi connectivity index (χ2v) is 6.00. The van der Waals surface area contributed by atoms with Crippen LogP contribution in [0.15, 0.2) is 66.7 Å². The molecule has 2 N–H and O–H groups in total. The molecule has 5 heteroatoms. The number of phenols is 1. The lowest BCUT2D eigenvalue weighted by molar-refractivity contribution is 0.102. The molecule has 0 saturated heterocycles. The first kappa shape index (κ1) is 16.4. The summed E-state index contributed by atoms with van der Waals surface area (Å²) in [4.78, 5) is 12.3. The average molecular weight is 358 g/mol. The Labute approximate surface area is 149 Å². The van der Waals surface area contributed by atoms with Crippen LogP contribution in [0.25, 0.3) is 11.1 Å². The molecule has 0 unspecified atom stereocenters. The van der Waals surface area contributed by atoms with Gasteiger partial charge in [-0.3, -0.25) is 4.79 Å². The molecule has 0 saturated carbocycles. The fourth-order valence-corrected chi connectivity index (χ4v) is 2.77. The highest BCUT2D eigenvalue weighted by Crippen LogP contribution is 2.34. The van der Waals surface area contributed by atoms with Gasteiger partial charge in [0.1, 0.15) is 0 Å². The van der Waals surface area contributed by atoms with Crippen molar-refractivity contribution >= 4 is 34.8 Å². The van der Waals surface area contributed by atoms with E-state index in [9.17, 15) is 9.90 Å². The van der Waals surface area contributed by atoms with Crippen molar-refractivity contribution in [2.45, 2.75) is 0 Å². The zero-order valence-corrected chi connectivity index (χ0v) is 14.0. The Kier molecular flexibility index (Phi) is 4.74. The van der Waals surface area contributed by atoms with Gasteiger partial charge < -0.3 is 10.4 Å². The first-order valence-corrected chi connectivity index (χ1v) is 7.95. The van der Waals surface area contributed by atoms with Gasteiger partial charge >= 0.3 is 0 Å². The van der Waals surface area contributed by atoms with Gasteiger partial charge in [-0.15, -0.1) is 0 Å². The van der Waals surface area contributed by atoms with Crippen LogP contribution in [0.1, 0.15) is 10.4 Å². The number of halogens is 2.